The van der Waals surface area contributed by atoms with Gasteiger partial charge in [-0.25, -0.2) is 9.59 Å². The Bertz CT molecular complexity index is 598. The first-order chi connectivity index (χ1) is 10.7. The molecule has 1 aromatic carbocycles. The number of aliphatic carboxylic acids is 1. The Morgan fingerprint density at radius 2 is 1.96 bits per heavy atom. The van der Waals surface area contributed by atoms with Crippen molar-refractivity contribution in [2.75, 3.05) is 6.54 Å². The molecule has 1 amide bonds. The number of hydrogen-bond donors (Lipinski definition) is 1. The van der Waals surface area contributed by atoms with E-state index < -0.39 is 23.7 Å². The van der Waals surface area contributed by atoms with Crippen LogP contribution in [0.4, 0.5) is 4.79 Å². The number of carbonyl (C=O) groups is 2. The molecule has 1 aliphatic heterocycles. The van der Waals surface area contributed by atoms with E-state index in [-0.39, 0.29) is 19.1 Å². The molecule has 6 nitrogen and oxygen atoms in total. The minimum absolute atomic E-state index is 0.191. The van der Waals surface area contributed by atoms with Crippen LogP contribution in [0.5, 0.6) is 5.75 Å². The van der Waals surface area contributed by atoms with Gasteiger partial charge in [0.1, 0.15) is 23.5 Å². The molecule has 2 rings (SSSR count). The van der Waals surface area contributed by atoms with Gasteiger partial charge >= 0.3 is 12.1 Å². The van der Waals surface area contributed by atoms with Gasteiger partial charge in [0.2, 0.25) is 0 Å². The Hall–Kier alpha value is -1.51. The van der Waals surface area contributed by atoms with Gasteiger partial charge in [-0.15, -0.1) is 0 Å². The number of benzene rings is 1. The van der Waals surface area contributed by atoms with E-state index in [2.05, 4.69) is 22.6 Å². The van der Waals surface area contributed by atoms with Gasteiger partial charge in [-0.1, -0.05) is 12.1 Å². The van der Waals surface area contributed by atoms with E-state index in [1.165, 1.54) is 4.90 Å². The highest BCUT2D eigenvalue weighted by Gasteiger charge is 2.42. The molecule has 0 aromatic heterocycles. The summed E-state index contributed by atoms with van der Waals surface area (Å²) in [6.07, 6.45) is -0.766. The maximum absolute atomic E-state index is 12.2. The third kappa shape index (κ3) is 4.73. The molecule has 1 N–H and O–H groups in total. The van der Waals surface area contributed by atoms with Gasteiger partial charge in [0.25, 0.3) is 0 Å². The molecule has 0 aliphatic carbocycles. The van der Waals surface area contributed by atoms with Crippen LogP contribution in [0.15, 0.2) is 24.3 Å². The third-order valence-electron chi connectivity index (χ3n) is 3.31. The van der Waals surface area contributed by atoms with Crippen molar-refractivity contribution in [1.82, 2.24) is 4.90 Å². The fourth-order valence-corrected chi connectivity index (χ4v) is 2.87. The number of ether oxygens (including phenoxy) is 2. The number of rotatable bonds is 3. The minimum atomic E-state index is -1.05. The van der Waals surface area contributed by atoms with Crippen LogP contribution in [0.25, 0.3) is 0 Å². The second kappa shape index (κ2) is 6.94. The number of para-hydroxylation sites is 1. The summed E-state index contributed by atoms with van der Waals surface area (Å²) in [6, 6.07) is 6.55. The Labute approximate surface area is 148 Å². The molecule has 0 spiro atoms. The number of nitrogens with zero attached hydrogens (tertiary/aromatic N) is 1. The highest BCUT2D eigenvalue weighted by atomic mass is 127. The molecule has 1 aliphatic rings. The Morgan fingerprint density at radius 1 is 1.30 bits per heavy atom. The SMILES string of the molecule is CC(C)(C)OC(=O)N1C[C@H](Oc2ccccc2I)C[C@@H]1C(=O)O. The number of carbonyl (C=O) groups excluding carboxylic acids is 1. The lowest BCUT2D eigenvalue weighted by molar-refractivity contribution is -0.142. The topological polar surface area (TPSA) is 76.1 Å². The predicted molar refractivity (Wildman–Crippen MR) is 92.6 cm³/mol. The number of carboxylic acids is 1. The molecule has 0 saturated carbocycles. The average Bonchev–Trinajstić information content (AvgIpc) is 2.84. The van der Waals surface area contributed by atoms with Crippen LogP contribution in [0.3, 0.4) is 0 Å². The Balaban J connectivity index is 2.10. The molecule has 0 unspecified atom stereocenters. The molecule has 2 atom stereocenters. The van der Waals surface area contributed by atoms with E-state index >= 15 is 0 Å². The molecule has 1 fully saturated rings. The zero-order chi connectivity index (χ0) is 17.2. The summed E-state index contributed by atoms with van der Waals surface area (Å²) in [5, 5.41) is 9.36. The number of likely N-dealkylation sites (tertiary alicyclic amines) is 1. The van der Waals surface area contributed by atoms with Gasteiger partial charge < -0.3 is 14.6 Å². The number of halogens is 1. The zero-order valence-corrected chi connectivity index (χ0v) is 15.4. The van der Waals surface area contributed by atoms with E-state index in [1.807, 2.05) is 24.3 Å². The lowest BCUT2D eigenvalue weighted by atomic mass is 10.2. The third-order valence-corrected chi connectivity index (χ3v) is 4.20. The second-order valence-electron chi connectivity index (χ2n) is 6.39. The number of hydrogen-bond acceptors (Lipinski definition) is 4. The molecule has 7 heteroatoms. The largest absolute Gasteiger partial charge is 0.487 e. The summed E-state index contributed by atoms with van der Waals surface area (Å²) in [4.78, 5) is 24.9. The molecule has 126 valence electrons. The van der Waals surface area contributed by atoms with E-state index in [9.17, 15) is 14.7 Å². The number of carboxylic acid groups (broad SMARTS) is 1. The average molecular weight is 433 g/mol. The summed E-state index contributed by atoms with van der Waals surface area (Å²) in [6.45, 7) is 5.43. The molecule has 0 bridgehead atoms. The van der Waals surface area contributed by atoms with Gasteiger partial charge in [0.05, 0.1) is 10.1 Å². The van der Waals surface area contributed by atoms with Crippen LogP contribution < -0.4 is 4.74 Å². The van der Waals surface area contributed by atoms with Crippen molar-refractivity contribution in [3.05, 3.63) is 27.8 Å². The van der Waals surface area contributed by atoms with Crippen molar-refractivity contribution in [3.8, 4) is 5.75 Å². The Morgan fingerprint density at radius 3 is 2.52 bits per heavy atom. The van der Waals surface area contributed by atoms with Crippen molar-refractivity contribution in [3.63, 3.8) is 0 Å². The molecular formula is C16H20INO5. The van der Waals surface area contributed by atoms with E-state index in [1.54, 1.807) is 20.8 Å². The van der Waals surface area contributed by atoms with E-state index in [4.69, 9.17) is 9.47 Å². The van der Waals surface area contributed by atoms with Crippen molar-refractivity contribution < 1.29 is 24.2 Å². The van der Waals surface area contributed by atoms with Crippen molar-refractivity contribution in [2.24, 2.45) is 0 Å². The monoisotopic (exact) mass is 433 g/mol. The highest BCUT2D eigenvalue weighted by molar-refractivity contribution is 14.1. The summed E-state index contributed by atoms with van der Waals surface area (Å²) >= 11 is 2.16. The first kappa shape index (κ1) is 17.8. The van der Waals surface area contributed by atoms with Crippen LogP contribution >= 0.6 is 22.6 Å². The molecule has 0 radical (unpaired) electrons. The van der Waals surface area contributed by atoms with Crippen LogP contribution in [-0.2, 0) is 9.53 Å². The molecule has 23 heavy (non-hydrogen) atoms. The Kier molecular flexibility index (Phi) is 5.38. The predicted octanol–water partition coefficient (Wildman–Crippen LogP) is 3.13. The van der Waals surface area contributed by atoms with Gasteiger partial charge in [-0.2, -0.15) is 0 Å². The lowest BCUT2D eigenvalue weighted by Crippen LogP contribution is -2.43. The lowest BCUT2D eigenvalue weighted by Gasteiger charge is -2.26. The molecule has 1 aromatic rings. The van der Waals surface area contributed by atoms with Crippen LogP contribution in [0.1, 0.15) is 27.2 Å². The minimum Gasteiger partial charge on any atom is -0.487 e. The molecule has 1 saturated heterocycles. The zero-order valence-electron chi connectivity index (χ0n) is 13.3. The normalized spacial score (nSPS) is 21.1. The standard InChI is InChI=1S/C16H20INO5/c1-16(2,3)23-15(21)18-9-10(8-12(18)14(19)20)22-13-7-5-4-6-11(13)17/h4-7,10,12H,8-9H2,1-3H3,(H,19,20)/t10-,12-/m1/s1. The van der Waals surface area contributed by atoms with Gasteiger partial charge in [-0.05, 0) is 55.5 Å². The van der Waals surface area contributed by atoms with Crippen LogP contribution in [-0.4, -0.2) is 46.4 Å². The second-order valence-corrected chi connectivity index (χ2v) is 7.55. The quantitative estimate of drug-likeness (QED) is 0.742. The fraction of sp³-hybridized carbons (Fsp3) is 0.500. The van der Waals surface area contributed by atoms with Gasteiger partial charge in [-0.3, -0.25) is 4.90 Å². The maximum Gasteiger partial charge on any atom is 0.411 e. The first-order valence-electron chi connectivity index (χ1n) is 7.31. The summed E-state index contributed by atoms with van der Waals surface area (Å²) < 4.78 is 12.1. The van der Waals surface area contributed by atoms with Crippen molar-refractivity contribution in [1.29, 1.82) is 0 Å². The molecular weight excluding hydrogens is 413 g/mol. The van der Waals surface area contributed by atoms with Crippen molar-refractivity contribution >= 4 is 34.7 Å². The smallest absolute Gasteiger partial charge is 0.411 e. The van der Waals surface area contributed by atoms with E-state index in [0.29, 0.717) is 5.75 Å². The van der Waals surface area contributed by atoms with E-state index in [0.717, 1.165) is 3.57 Å². The first-order valence-corrected chi connectivity index (χ1v) is 8.39. The summed E-state index contributed by atoms with van der Waals surface area (Å²) in [5.74, 6) is -0.363. The summed E-state index contributed by atoms with van der Waals surface area (Å²) in [7, 11) is 0. The highest BCUT2D eigenvalue weighted by Crippen LogP contribution is 2.27. The van der Waals surface area contributed by atoms with Gasteiger partial charge in [0.15, 0.2) is 0 Å². The van der Waals surface area contributed by atoms with Gasteiger partial charge in [0, 0.05) is 6.42 Å². The summed E-state index contributed by atoms with van der Waals surface area (Å²) in [5.41, 5.74) is -0.673. The molecule has 1 heterocycles. The fourth-order valence-electron chi connectivity index (χ4n) is 2.36. The van der Waals surface area contributed by atoms with Crippen LogP contribution in [0.2, 0.25) is 0 Å². The van der Waals surface area contributed by atoms with Crippen LogP contribution in [0, 0.1) is 3.57 Å². The van der Waals surface area contributed by atoms with Crippen molar-refractivity contribution in [2.45, 2.75) is 44.9 Å². The number of amides is 1. The maximum atomic E-state index is 12.2.